The molecule has 0 saturated heterocycles. The van der Waals surface area contributed by atoms with Crippen molar-refractivity contribution in [1.29, 1.82) is 0 Å². The monoisotopic (exact) mass is 300 g/mol. The van der Waals surface area contributed by atoms with Crippen molar-refractivity contribution in [2.24, 2.45) is 5.92 Å². The number of rotatable bonds is 6. The van der Waals surface area contributed by atoms with Crippen molar-refractivity contribution in [2.45, 2.75) is 24.7 Å². The van der Waals surface area contributed by atoms with Gasteiger partial charge in [0.25, 0.3) is 0 Å². The van der Waals surface area contributed by atoms with E-state index in [1.165, 1.54) is 11.0 Å². The van der Waals surface area contributed by atoms with Crippen molar-refractivity contribution in [1.82, 2.24) is 0 Å². The van der Waals surface area contributed by atoms with E-state index in [0.29, 0.717) is 4.90 Å². The second kappa shape index (κ2) is 7.23. The van der Waals surface area contributed by atoms with Crippen LogP contribution in [0.4, 0.5) is 0 Å². The Kier molecular flexibility index (Phi) is 5.34. The Morgan fingerprint density at radius 2 is 1.52 bits per heavy atom. The van der Waals surface area contributed by atoms with Gasteiger partial charge in [-0.15, -0.1) is 0 Å². The van der Waals surface area contributed by atoms with Gasteiger partial charge in [-0.2, -0.15) is 0 Å². The predicted octanol–water partition coefficient (Wildman–Crippen LogP) is 4.24. The Balaban J connectivity index is 1.94. The van der Waals surface area contributed by atoms with Crippen LogP contribution in [0, 0.1) is 5.92 Å². The van der Waals surface area contributed by atoms with Gasteiger partial charge in [-0.05, 0) is 36.5 Å². The van der Waals surface area contributed by atoms with E-state index < -0.39 is 9.84 Å². The van der Waals surface area contributed by atoms with Crippen molar-refractivity contribution >= 4 is 9.84 Å². The lowest BCUT2D eigenvalue weighted by atomic mass is 10.0. The average Bonchev–Trinajstić information content (AvgIpc) is 2.53. The SMILES string of the molecule is C[C@H](/C=C/S(=O)(=O)c1ccccc1)CCc1ccccc1. The van der Waals surface area contributed by atoms with Gasteiger partial charge in [-0.1, -0.05) is 61.5 Å². The second-order valence-corrected chi connectivity index (χ2v) is 7.02. The maximum Gasteiger partial charge on any atom is 0.199 e. The van der Waals surface area contributed by atoms with Gasteiger partial charge in [0.15, 0.2) is 9.84 Å². The number of aryl methyl sites for hydroxylation is 1. The molecule has 0 heterocycles. The van der Waals surface area contributed by atoms with Crippen LogP contribution in [0.25, 0.3) is 0 Å². The van der Waals surface area contributed by atoms with Crippen LogP contribution in [0.5, 0.6) is 0 Å². The van der Waals surface area contributed by atoms with E-state index in [1.807, 2.05) is 31.2 Å². The van der Waals surface area contributed by atoms with E-state index in [1.54, 1.807) is 30.3 Å². The van der Waals surface area contributed by atoms with Gasteiger partial charge in [0, 0.05) is 5.41 Å². The third kappa shape index (κ3) is 4.87. The molecule has 2 nitrogen and oxygen atoms in total. The quantitative estimate of drug-likeness (QED) is 0.799. The van der Waals surface area contributed by atoms with Crippen LogP contribution >= 0.6 is 0 Å². The third-order valence-electron chi connectivity index (χ3n) is 3.39. The summed E-state index contributed by atoms with van der Waals surface area (Å²) in [4.78, 5) is 0.344. The van der Waals surface area contributed by atoms with E-state index in [2.05, 4.69) is 12.1 Å². The first-order valence-electron chi connectivity index (χ1n) is 7.10. The van der Waals surface area contributed by atoms with Gasteiger partial charge in [0.05, 0.1) is 4.90 Å². The highest BCUT2D eigenvalue weighted by molar-refractivity contribution is 7.94. The van der Waals surface area contributed by atoms with Crippen LogP contribution in [0.3, 0.4) is 0 Å². The highest BCUT2D eigenvalue weighted by atomic mass is 32.2. The fourth-order valence-electron chi connectivity index (χ4n) is 2.06. The zero-order valence-electron chi connectivity index (χ0n) is 12.1. The van der Waals surface area contributed by atoms with E-state index >= 15 is 0 Å². The summed E-state index contributed by atoms with van der Waals surface area (Å²) in [7, 11) is -3.32. The molecule has 0 N–H and O–H groups in total. The zero-order valence-corrected chi connectivity index (χ0v) is 13.0. The lowest BCUT2D eigenvalue weighted by Crippen LogP contribution is -1.99. The van der Waals surface area contributed by atoms with Crippen molar-refractivity contribution in [3.63, 3.8) is 0 Å². The summed E-state index contributed by atoms with van der Waals surface area (Å²) in [5.41, 5.74) is 1.28. The van der Waals surface area contributed by atoms with Gasteiger partial charge >= 0.3 is 0 Å². The van der Waals surface area contributed by atoms with Crippen LogP contribution in [0.15, 0.2) is 77.0 Å². The highest BCUT2D eigenvalue weighted by Gasteiger charge is 2.09. The van der Waals surface area contributed by atoms with Gasteiger partial charge in [0.2, 0.25) is 0 Å². The first kappa shape index (κ1) is 15.5. The van der Waals surface area contributed by atoms with Gasteiger partial charge < -0.3 is 0 Å². The van der Waals surface area contributed by atoms with Crippen LogP contribution in [-0.4, -0.2) is 8.42 Å². The topological polar surface area (TPSA) is 34.1 Å². The summed E-state index contributed by atoms with van der Waals surface area (Å²) in [6.45, 7) is 2.04. The summed E-state index contributed by atoms with van der Waals surface area (Å²) in [6.07, 6.45) is 3.67. The molecule has 1 atom stereocenters. The first-order valence-corrected chi connectivity index (χ1v) is 8.65. The maximum absolute atomic E-state index is 12.1. The van der Waals surface area contributed by atoms with Crippen LogP contribution in [-0.2, 0) is 16.3 Å². The summed E-state index contributed by atoms with van der Waals surface area (Å²) in [5, 5.41) is 1.33. The molecule has 0 amide bonds. The molecule has 0 saturated carbocycles. The fourth-order valence-corrected chi connectivity index (χ4v) is 3.23. The molecule has 0 aromatic heterocycles. The van der Waals surface area contributed by atoms with Crippen molar-refractivity contribution in [3.8, 4) is 0 Å². The lowest BCUT2D eigenvalue weighted by molar-refractivity contribution is 0.603. The summed E-state index contributed by atoms with van der Waals surface area (Å²) in [6, 6.07) is 18.8. The lowest BCUT2D eigenvalue weighted by Gasteiger charge is -2.06. The highest BCUT2D eigenvalue weighted by Crippen LogP contribution is 2.15. The third-order valence-corrected chi connectivity index (χ3v) is 4.83. The molecule has 0 radical (unpaired) electrons. The van der Waals surface area contributed by atoms with Gasteiger partial charge in [0.1, 0.15) is 0 Å². The van der Waals surface area contributed by atoms with Crippen LogP contribution in [0.1, 0.15) is 18.9 Å². The van der Waals surface area contributed by atoms with Crippen LogP contribution in [0.2, 0.25) is 0 Å². The molecular weight excluding hydrogens is 280 g/mol. The van der Waals surface area contributed by atoms with E-state index in [0.717, 1.165) is 12.8 Å². The number of benzene rings is 2. The molecule has 0 aliphatic carbocycles. The minimum Gasteiger partial charge on any atom is -0.219 e. The zero-order chi connectivity index (χ0) is 15.1. The number of sulfone groups is 1. The summed E-state index contributed by atoms with van der Waals surface area (Å²) >= 11 is 0. The molecule has 0 aliphatic rings. The van der Waals surface area contributed by atoms with Gasteiger partial charge in [-0.3, -0.25) is 0 Å². The smallest absolute Gasteiger partial charge is 0.199 e. The summed E-state index contributed by atoms with van der Waals surface area (Å²) < 4.78 is 24.2. The second-order valence-electron chi connectivity index (χ2n) is 5.19. The Labute approximate surface area is 127 Å². The average molecular weight is 300 g/mol. The Hall–Kier alpha value is -1.87. The summed E-state index contributed by atoms with van der Waals surface area (Å²) in [5.74, 6) is 0.226. The van der Waals surface area contributed by atoms with Crippen molar-refractivity contribution in [2.75, 3.05) is 0 Å². The number of hydrogen-bond donors (Lipinski definition) is 0. The molecule has 0 bridgehead atoms. The minimum absolute atomic E-state index is 0.226. The minimum atomic E-state index is -3.32. The van der Waals surface area contributed by atoms with Crippen molar-refractivity contribution < 1.29 is 8.42 Å². The number of allylic oxidation sites excluding steroid dienone is 1. The van der Waals surface area contributed by atoms with E-state index in [-0.39, 0.29) is 5.92 Å². The molecule has 3 heteroatoms. The molecule has 2 rings (SSSR count). The van der Waals surface area contributed by atoms with E-state index in [9.17, 15) is 8.42 Å². The fraction of sp³-hybridized carbons (Fsp3) is 0.222. The normalized spacial score (nSPS) is 13.4. The van der Waals surface area contributed by atoms with Crippen molar-refractivity contribution in [3.05, 3.63) is 77.7 Å². The van der Waals surface area contributed by atoms with E-state index in [4.69, 9.17) is 0 Å². The molecule has 2 aromatic carbocycles. The van der Waals surface area contributed by atoms with Gasteiger partial charge in [-0.25, -0.2) is 8.42 Å². The predicted molar refractivity (Wildman–Crippen MR) is 86.7 cm³/mol. The van der Waals surface area contributed by atoms with Crippen LogP contribution < -0.4 is 0 Å². The molecular formula is C18H20O2S. The molecule has 0 spiro atoms. The molecule has 21 heavy (non-hydrogen) atoms. The Morgan fingerprint density at radius 1 is 0.952 bits per heavy atom. The standard InChI is InChI=1S/C18H20O2S/c1-16(12-13-17-8-4-2-5-9-17)14-15-21(19,20)18-10-6-3-7-11-18/h2-11,14-16H,12-13H2,1H3/b15-14+/t16-/m0/s1. The molecule has 0 unspecified atom stereocenters. The molecule has 110 valence electrons. The largest absolute Gasteiger partial charge is 0.219 e. The first-order chi connectivity index (χ1) is 10.1. The molecule has 0 fully saturated rings. The molecule has 2 aromatic rings. The Bertz CT molecular complexity index is 674. The Morgan fingerprint density at radius 3 is 2.14 bits per heavy atom. The molecule has 0 aliphatic heterocycles. The maximum atomic E-state index is 12.1. The number of hydrogen-bond acceptors (Lipinski definition) is 2.